The minimum Gasteiger partial charge on any atom is -0.304 e. The first kappa shape index (κ1) is 12.8. The Hall–Kier alpha value is -0.250. The van der Waals surface area contributed by atoms with E-state index in [1.165, 1.54) is 0 Å². The van der Waals surface area contributed by atoms with E-state index in [1.807, 2.05) is 13.8 Å². The molecule has 1 rings (SSSR count). The summed E-state index contributed by atoms with van der Waals surface area (Å²) in [5, 5.41) is 2.67. The molecule has 15 heavy (non-hydrogen) atoms. The first-order valence-corrected chi connectivity index (χ1v) is 5.62. The van der Waals surface area contributed by atoms with Crippen LogP contribution in [-0.2, 0) is 0 Å². The summed E-state index contributed by atoms with van der Waals surface area (Å²) in [6.07, 6.45) is -2.79. The van der Waals surface area contributed by atoms with Crippen molar-refractivity contribution in [3.8, 4) is 0 Å². The normalized spacial score (nSPS) is 38.0. The number of nitrogens with one attached hydrogen (secondary N) is 1. The Morgan fingerprint density at radius 1 is 1.20 bits per heavy atom. The van der Waals surface area contributed by atoms with Crippen molar-refractivity contribution in [3.05, 3.63) is 0 Å². The van der Waals surface area contributed by atoms with Crippen LogP contribution in [0.1, 0.15) is 40.0 Å². The van der Waals surface area contributed by atoms with Gasteiger partial charge in [0, 0.05) is 0 Å². The van der Waals surface area contributed by atoms with Crippen LogP contribution in [0.4, 0.5) is 13.2 Å². The van der Waals surface area contributed by atoms with E-state index in [0.717, 1.165) is 6.42 Å². The monoisotopic (exact) mass is 223 g/mol. The van der Waals surface area contributed by atoms with Gasteiger partial charge in [0.05, 0.1) is 0 Å². The fourth-order valence-corrected chi connectivity index (χ4v) is 2.94. The van der Waals surface area contributed by atoms with Gasteiger partial charge >= 0.3 is 6.18 Å². The fraction of sp³-hybridized carbons (Fsp3) is 1.00. The highest BCUT2D eigenvalue weighted by Gasteiger charge is 2.56. The summed E-state index contributed by atoms with van der Waals surface area (Å²) in [6, 6.07) is 0. The summed E-state index contributed by atoms with van der Waals surface area (Å²) in [5.74, 6) is 0.295. The predicted molar refractivity (Wildman–Crippen MR) is 54.6 cm³/mol. The number of hydrogen-bond donors (Lipinski definition) is 1. The molecule has 0 amide bonds. The van der Waals surface area contributed by atoms with Crippen LogP contribution in [0, 0.1) is 11.8 Å². The van der Waals surface area contributed by atoms with E-state index in [-0.39, 0.29) is 24.7 Å². The fourth-order valence-electron chi connectivity index (χ4n) is 2.94. The van der Waals surface area contributed by atoms with Crippen LogP contribution in [0.3, 0.4) is 0 Å². The van der Waals surface area contributed by atoms with Gasteiger partial charge in [-0.1, -0.05) is 20.8 Å². The second kappa shape index (κ2) is 4.32. The molecule has 1 nitrogen and oxygen atoms in total. The quantitative estimate of drug-likeness (QED) is 0.757. The maximum Gasteiger partial charge on any atom is 0.406 e. The van der Waals surface area contributed by atoms with Crippen LogP contribution < -0.4 is 5.32 Å². The van der Waals surface area contributed by atoms with Crippen molar-refractivity contribution in [1.82, 2.24) is 5.32 Å². The predicted octanol–water partition coefficient (Wildman–Crippen LogP) is 3.35. The number of halogens is 3. The molecule has 0 bridgehead atoms. The third-order valence-corrected chi connectivity index (χ3v) is 3.26. The van der Waals surface area contributed by atoms with E-state index in [1.54, 1.807) is 6.92 Å². The summed E-state index contributed by atoms with van der Waals surface area (Å²) < 4.78 is 39.2. The van der Waals surface area contributed by atoms with Crippen molar-refractivity contribution in [2.24, 2.45) is 11.8 Å². The van der Waals surface area contributed by atoms with E-state index in [0.29, 0.717) is 6.54 Å². The SMILES string of the molecule is CCNC1(C(F)(F)F)CC(C)CC(C)C1. The lowest BCUT2D eigenvalue weighted by Gasteiger charge is -2.44. The Bertz CT molecular complexity index is 202. The zero-order valence-electron chi connectivity index (χ0n) is 9.62. The molecule has 0 radical (unpaired) electrons. The molecule has 4 heteroatoms. The molecule has 1 fully saturated rings. The molecule has 1 aliphatic carbocycles. The van der Waals surface area contributed by atoms with Gasteiger partial charge in [-0.3, -0.25) is 0 Å². The lowest BCUT2D eigenvalue weighted by Crippen LogP contribution is -2.60. The first-order valence-electron chi connectivity index (χ1n) is 5.62. The molecule has 0 spiro atoms. The van der Waals surface area contributed by atoms with Crippen molar-refractivity contribution in [2.75, 3.05) is 6.54 Å². The third-order valence-electron chi connectivity index (χ3n) is 3.26. The van der Waals surface area contributed by atoms with Crippen molar-refractivity contribution >= 4 is 0 Å². The van der Waals surface area contributed by atoms with Crippen LogP contribution in [0.2, 0.25) is 0 Å². The first-order chi connectivity index (χ1) is 6.81. The minimum atomic E-state index is -4.13. The Balaban J connectivity index is 2.89. The average molecular weight is 223 g/mol. The van der Waals surface area contributed by atoms with Gasteiger partial charge in [-0.15, -0.1) is 0 Å². The number of alkyl halides is 3. The van der Waals surface area contributed by atoms with Gasteiger partial charge in [0.1, 0.15) is 5.54 Å². The summed E-state index contributed by atoms with van der Waals surface area (Å²) in [4.78, 5) is 0. The molecule has 0 heterocycles. The maximum atomic E-state index is 13.1. The number of rotatable bonds is 2. The topological polar surface area (TPSA) is 12.0 Å². The van der Waals surface area contributed by atoms with Gasteiger partial charge in [0.15, 0.2) is 0 Å². The van der Waals surface area contributed by atoms with Crippen LogP contribution in [0.5, 0.6) is 0 Å². The second-order valence-electron chi connectivity index (χ2n) is 4.96. The molecule has 0 aromatic heterocycles. The van der Waals surface area contributed by atoms with E-state index >= 15 is 0 Å². The molecule has 90 valence electrons. The van der Waals surface area contributed by atoms with E-state index in [9.17, 15) is 13.2 Å². The van der Waals surface area contributed by atoms with Crippen molar-refractivity contribution in [2.45, 2.75) is 51.7 Å². The van der Waals surface area contributed by atoms with Gasteiger partial charge in [-0.2, -0.15) is 13.2 Å². The van der Waals surface area contributed by atoms with E-state index in [4.69, 9.17) is 0 Å². The van der Waals surface area contributed by atoms with Crippen molar-refractivity contribution in [1.29, 1.82) is 0 Å². The van der Waals surface area contributed by atoms with Crippen LogP contribution in [-0.4, -0.2) is 18.3 Å². The van der Waals surface area contributed by atoms with Crippen molar-refractivity contribution < 1.29 is 13.2 Å². The average Bonchev–Trinajstić information content (AvgIpc) is 1.99. The molecule has 1 N–H and O–H groups in total. The molecule has 2 atom stereocenters. The molecule has 0 saturated heterocycles. The van der Waals surface area contributed by atoms with E-state index < -0.39 is 11.7 Å². The largest absolute Gasteiger partial charge is 0.406 e. The number of hydrogen-bond acceptors (Lipinski definition) is 1. The minimum absolute atomic E-state index is 0.148. The molecule has 1 aliphatic rings. The lowest BCUT2D eigenvalue weighted by atomic mass is 9.71. The zero-order valence-corrected chi connectivity index (χ0v) is 9.62. The molecule has 0 aromatic rings. The zero-order chi connectivity index (χ0) is 11.7. The molecular formula is C11H20F3N. The Kier molecular flexibility index (Phi) is 3.69. The molecule has 0 aliphatic heterocycles. The van der Waals surface area contributed by atoms with Crippen LogP contribution in [0.25, 0.3) is 0 Å². The molecule has 1 saturated carbocycles. The van der Waals surface area contributed by atoms with Crippen molar-refractivity contribution in [3.63, 3.8) is 0 Å². The second-order valence-corrected chi connectivity index (χ2v) is 4.96. The highest BCUT2D eigenvalue weighted by molar-refractivity contribution is 5.00. The summed E-state index contributed by atoms with van der Waals surface area (Å²) in [6.45, 7) is 5.93. The Morgan fingerprint density at radius 2 is 1.67 bits per heavy atom. The molecule has 2 unspecified atom stereocenters. The van der Waals surface area contributed by atoms with Gasteiger partial charge in [0.2, 0.25) is 0 Å². The van der Waals surface area contributed by atoms with Gasteiger partial charge in [0.25, 0.3) is 0 Å². The lowest BCUT2D eigenvalue weighted by molar-refractivity contribution is -0.213. The van der Waals surface area contributed by atoms with Gasteiger partial charge in [-0.25, -0.2) is 0 Å². The molecular weight excluding hydrogens is 203 g/mol. The van der Waals surface area contributed by atoms with Crippen LogP contribution in [0.15, 0.2) is 0 Å². The third kappa shape index (κ3) is 2.65. The smallest absolute Gasteiger partial charge is 0.304 e. The van der Waals surface area contributed by atoms with Gasteiger partial charge in [-0.05, 0) is 37.6 Å². The Labute approximate surface area is 89.4 Å². The van der Waals surface area contributed by atoms with Gasteiger partial charge < -0.3 is 5.32 Å². The van der Waals surface area contributed by atoms with Crippen LogP contribution >= 0.6 is 0 Å². The standard InChI is InChI=1S/C11H20F3N/c1-4-15-10(11(12,13)14)6-8(2)5-9(3)7-10/h8-9,15H,4-7H2,1-3H3. The summed E-state index contributed by atoms with van der Waals surface area (Å²) in [5.41, 5.74) is -1.64. The highest BCUT2D eigenvalue weighted by atomic mass is 19.4. The maximum absolute atomic E-state index is 13.1. The molecule has 0 aromatic carbocycles. The summed E-state index contributed by atoms with van der Waals surface area (Å²) in [7, 11) is 0. The highest BCUT2D eigenvalue weighted by Crippen LogP contribution is 2.45. The summed E-state index contributed by atoms with van der Waals surface area (Å²) >= 11 is 0. The Morgan fingerprint density at radius 3 is 2.00 bits per heavy atom. The van der Waals surface area contributed by atoms with E-state index in [2.05, 4.69) is 5.32 Å².